The van der Waals surface area contributed by atoms with Gasteiger partial charge in [0.05, 0.1) is 23.9 Å². The highest BCUT2D eigenvalue weighted by molar-refractivity contribution is 7.95. The van der Waals surface area contributed by atoms with Gasteiger partial charge in [-0.15, -0.1) is 0 Å². The van der Waals surface area contributed by atoms with E-state index in [0.717, 1.165) is 42.5 Å². The van der Waals surface area contributed by atoms with Gasteiger partial charge >= 0.3 is 12.2 Å². The molecule has 1 saturated heterocycles. The van der Waals surface area contributed by atoms with Gasteiger partial charge in [0.1, 0.15) is 23.0 Å². The molecule has 3 N–H and O–H groups in total. The van der Waals surface area contributed by atoms with Crippen molar-refractivity contribution in [1.29, 1.82) is 0 Å². The van der Waals surface area contributed by atoms with Crippen molar-refractivity contribution < 1.29 is 27.3 Å². The minimum atomic E-state index is -0.452. The third-order valence-corrected chi connectivity index (χ3v) is 7.68. The predicted molar refractivity (Wildman–Crippen MR) is 151 cm³/mol. The van der Waals surface area contributed by atoms with Gasteiger partial charge in [-0.05, 0) is 60.9 Å². The second-order valence-corrected chi connectivity index (χ2v) is 10.4. The SMILES string of the molecule is CNC(=O)c1c(-c2ccc(F)cc2)oc2cc(N(C)S[OH2+])c(C3CCCN(C(=O)Cc4ccc(F)cn4)C3)cc12. The lowest BCUT2D eigenvalue weighted by Crippen LogP contribution is -2.40. The summed E-state index contributed by atoms with van der Waals surface area (Å²) in [5.74, 6) is -1.02. The summed E-state index contributed by atoms with van der Waals surface area (Å²) in [6, 6.07) is 12.3. The smallest absolute Gasteiger partial charge is 0.318 e. The van der Waals surface area contributed by atoms with Crippen molar-refractivity contribution in [2.24, 2.45) is 0 Å². The Balaban J connectivity index is 1.55. The Morgan fingerprint density at radius 1 is 1.18 bits per heavy atom. The van der Waals surface area contributed by atoms with Crippen molar-refractivity contribution in [2.75, 3.05) is 31.5 Å². The van der Waals surface area contributed by atoms with Gasteiger partial charge in [-0.3, -0.25) is 18.9 Å². The lowest BCUT2D eigenvalue weighted by Gasteiger charge is -2.34. The summed E-state index contributed by atoms with van der Waals surface area (Å²) in [4.78, 5) is 32.0. The molecule has 1 aliphatic heterocycles. The minimum Gasteiger partial charge on any atom is -0.455 e. The van der Waals surface area contributed by atoms with Crippen LogP contribution in [0.3, 0.4) is 0 Å². The number of hydrogen-bond acceptors (Lipinski definition) is 6. The van der Waals surface area contributed by atoms with Crippen LogP contribution in [0.4, 0.5) is 14.5 Å². The van der Waals surface area contributed by atoms with Crippen LogP contribution in [0.1, 0.15) is 40.4 Å². The number of likely N-dealkylation sites (tertiary alicyclic amines) is 1. The zero-order valence-electron chi connectivity index (χ0n) is 22.0. The number of benzene rings is 2. The van der Waals surface area contributed by atoms with Gasteiger partial charge in [-0.1, -0.05) is 0 Å². The number of nitrogens with one attached hydrogen (secondary N) is 1. The standard InChI is InChI=1S/C29H28F2N4O4S/c1-32-29(37)27-23-13-22(18-4-3-11-35(16-18)26(36)12-21-10-9-20(31)15-33-21)24(34(2)40-38)14-25(23)39-28(27)17-5-7-19(30)8-6-17/h5-10,13-15,18,38H,3-4,11-12,16H2,1-2H3,(H,32,37)/p+1. The van der Waals surface area contributed by atoms with Crippen LogP contribution in [0, 0.1) is 11.6 Å². The number of anilines is 1. The molecule has 1 aliphatic rings. The molecule has 1 unspecified atom stereocenters. The summed E-state index contributed by atoms with van der Waals surface area (Å²) in [5.41, 5.74) is 3.50. The molecule has 40 heavy (non-hydrogen) atoms. The van der Waals surface area contributed by atoms with E-state index in [9.17, 15) is 18.4 Å². The zero-order valence-corrected chi connectivity index (χ0v) is 22.9. The van der Waals surface area contributed by atoms with Crippen LogP contribution in [0.15, 0.2) is 59.1 Å². The highest BCUT2D eigenvalue weighted by Crippen LogP contribution is 2.42. The molecule has 0 aliphatic carbocycles. The molecule has 4 aromatic rings. The van der Waals surface area contributed by atoms with E-state index in [2.05, 4.69) is 10.3 Å². The second-order valence-electron chi connectivity index (χ2n) is 9.71. The number of hydrogen-bond donors (Lipinski definition) is 1. The third kappa shape index (κ3) is 5.52. The fraction of sp³-hybridized carbons (Fsp3) is 0.276. The van der Waals surface area contributed by atoms with Crippen LogP contribution in [0.2, 0.25) is 0 Å². The fourth-order valence-corrected chi connectivity index (χ4v) is 5.44. The maximum Gasteiger partial charge on any atom is 0.318 e. The van der Waals surface area contributed by atoms with E-state index < -0.39 is 11.6 Å². The highest BCUT2D eigenvalue weighted by Gasteiger charge is 2.30. The molecule has 2 amide bonds. The number of carbonyl (C=O) groups excluding carboxylic acids is 2. The Labute approximate surface area is 234 Å². The summed E-state index contributed by atoms with van der Waals surface area (Å²) >= 11 is 0.796. The molecule has 1 atom stereocenters. The molecule has 1 fully saturated rings. The molecule has 2 aromatic carbocycles. The van der Waals surface area contributed by atoms with E-state index in [4.69, 9.17) is 8.97 Å². The van der Waals surface area contributed by atoms with Crippen LogP contribution in [-0.4, -0.2) is 53.4 Å². The lowest BCUT2D eigenvalue weighted by atomic mass is 9.88. The summed E-state index contributed by atoms with van der Waals surface area (Å²) in [6.07, 6.45) is 2.76. The molecule has 0 bridgehead atoms. The molecule has 208 valence electrons. The molecule has 0 radical (unpaired) electrons. The number of aromatic nitrogens is 1. The van der Waals surface area contributed by atoms with Gasteiger partial charge in [-0.2, -0.15) is 0 Å². The first-order valence-electron chi connectivity index (χ1n) is 12.8. The van der Waals surface area contributed by atoms with Gasteiger partial charge in [-0.25, -0.2) is 8.78 Å². The number of pyridine rings is 1. The van der Waals surface area contributed by atoms with E-state index in [1.807, 2.05) is 12.1 Å². The first-order chi connectivity index (χ1) is 19.3. The van der Waals surface area contributed by atoms with Crippen LogP contribution in [0.5, 0.6) is 0 Å². The summed E-state index contributed by atoms with van der Waals surface area (Å²) in [5, 5.41) is 3.27. The van der Waals surface area contributed by atoms with E-state index in [1.54, 1.807) is 28.4 Å². The van der Waals surface area contributed by atoms with Crippen molar-refractivity contribution in [3.05, 3.63) is 83.2 Å². The minimum absolute atomic E-state index is 0.0606. The number of amides is 2. The fourth-order valence-electron chi connectivity index (χ4n) is 5.19. The van der Waals surface area contributed by atoms with Gasteiger partial charge in [0.15, 0.2) is 0 Å². The quantitative estimate of drug-likeness (QED) is 0.196. The Morgan fingerprint density at radius 3 is 2.60 bits per heavy atom. The molecular weight excluding hydrogens is 538 g/mol. The van der Waals surface area contributed by atoms with Gasteiger partial charge in [0.2, 0.25) is 5.91 Å². The molecule has 0 spiro atoms. The van der Waals surface area contributed by atoms with E-state index in [1.165, 1.54) is 31.3 Å². The van der Waals surface area contributed by atoms with Crippen molar-refractivity contribution in [2.45, 2.75) is 25.2 Å². The van der Waals surface area contributed by atoms with Crippen molar-refractivity contribution in [3.8, 4) is 11.3 Å². The van der Waals surface area contributed by atoms with Crippen LogP contribution in [-0.2, 0) is 11.2 Å². The normalized spacial score (nSPS) is 15.3. The molecule has 2 aromatic heterocycles. The summed E-state index contributed by atoms with van der Waals surface area (Å²) in [7, 11) is 3.31. The number of fused-ring (bicyclic) bond motifs is 1. The van der Waals surface area contributed by atoms with Crippen molar-refractivity contribution in [3.63, 3.8) is 0 Å². The molecule has 3 heterocycles. The molecule has 0 saturated carbocycles. The van der Waals surface area contributed by atoms with Crippen LogP contribution < -0.4 is 9.62 Å². The first kappa shape index (κ1) is 27.6. The zero-order chi connectivity index (χ0) is 28.4. The Morgan fingerprint density at radius 2 is 1.93 bits per heavy atom. The summed E-state index contributed by atoms with van der Waals surface area (Å²) < 4.78 is 42.7. The number of halogens is 2. The van der Waals surface area contributed by atoms with Gasteiger partial charge in [0.25, 0.3) is 5.91 Å². The van der Waals surface area contributed by atoms with E-state index in [0.29, 0.717) is 46.6 Å². The van der Waals surface area contributed by atoms with E-state index in [-0.39, 0.29) is 24.2 Å². The number of nitrogens with zero attached hydrogens (tertiary/aromatic N) is 3. The molecule has 5 rings (SSSR count). The predicted octanol–water partition coefficient (Wildman–Crippen LogP) is 4.81. The lowest BCUT2D eigenvalue weighted by molar-refractivity contribution is -0.131. The number of furan rings is 1. The van der Waals surface area contributed by atoms with Crippen molar-refractivity contribution >= 4 is 40.7 Å². The maximum absolute atomic E-state index is 13.6. The topological polar surface area (TPSA) is 102 Å². The Kier molecular flexibility index (Phi) is 8.04. The van der Waals surface area contributed by atoms with Crippen LogP contribution >= 0.6 is 12.2 Å². The number of piperidine rings is 1. The van der Waals surface area contributed by atoms with Crippen molar-refractivity contribution in [1.82, 2.24) is 15.2 Å². The molecule has 11 heteroatoms. The van der Waals surface area contributed by atoms with Gasteiger partial charge < -0.3 is 19.2 Å². The average molecular weight is 568 g/mol. The largest absolute Gasteiger partial charge is 0.455 e. The Hall–Kier alpha value is -3.96. The van der Waals surface area contributed by atoms with E-state index >= 15 is 0 Å². The monoisotopic (exact) mass is 567 g/mol. The number of rotatable bonds is 7. The number of carbonyl (C=O) groups is 2. The first-order valence-corrected chi connectivity index (χ1v) is 13.6. The third-order valence-electron chi connectivity index (χ3n) is 7.21. The highest BCUT2D eigenvalue weighted by atomic mass is 32.2. The molecular formula is C29H29F2N4O4S+. The molecule has 8 nitrogen and oxygen atoms in total. The second kappa shape index (κ2) is 11.6. The summed E-state index contributed by atoms with van der Waals surface area (Å²) in [6.45, 7) is 1.05. The Bertz CT molecular complexity index is 1540. The average Bonchev–Trinajstić information content (AvgIpc) is 3.35. The van der Waals surface area contributed by atoms with Gasteiger partial charge in [0, 0.05) is 55.8 Å². The van der Waals surface area contributed by atoms with Crippen LogP contribution in [0.25, 0.3) is 22.3 Å². The maximum atomic E-state index is 13.6.